The molecule has 0 nitrogen and oxygen atoms in total. The highest BCUT2D eigenvalue weighted by molar-refractivity contribution is 14.1. The molecule has 2 atom stereocenters. The molecular weight excluding hydrogens is 395 g/mol. The molecule has 0 bridgehead atoms. The second-order valence-electron chi connectivity index (χ2n) is 3.05. The monoisotopic (exact) mass is 410 g/mol. The van der Waals surface area contributed by atoms with Crippen LogP contribution in [0.5, 0.6) is 0 Å². The van der Waals surface area contributed by atoms with Gasteiger partial charge in [-0.2, -0.15) is 0 Å². The molecule has 0 aliphatic heterocycles. The molecule has 0 saturated carbocycles. The molecule has 3 heteroatoms. The zero-order valence-corrected chi connectivity index (χ0v) is 12.9. The maximum absolute atomic E-state index is 3.70. The molecule has 0 aromatic rings. The summed E-state index contributed by atoms with van der Waals surface area (Å²) in [5, 5.41) is 1.11. The van der Waals surface area contributed by atoms with E-state index in [9.17, 15) is 0 Å². The number of halogens is 3. The fourth-order valence-corrected chi connectivity index (χ4v) is 4.66. The molecule has 0 radical (unpaired) electrons. The van der Waals surface area contributed by atoms with Crippen molar-refractivity contribution in [3.63, 3.8) is 0 Å². The van der Waals surface area contributed by atoms with E-state index in [0.717, 1.165) is 9.25 Å². The minimum atomic E-state index is 0.704. The molecule has 0 saturated heterocycles. The first-order valence-electron chi connectivity index (χ1n) is 4.54. The van der Waals surface area contributed by atoms with E-state index in [1.165, 1.54) is 32.1 Å². The van der Waals surface area contributed by atoms with Gasteiger partial charge in [-0.05, 0) is 19.3 Å². The lowest BCUT2D eigenvalue weighted by molar-refractivity contribution is 0.646. The van der Waals surface area contributed by atoms with Crippen LogP contribution in [0.4, 0.5) is 0 Å². The van der Waals surface area contributed by atoms with Crippen molar-refractivity contribution in [2.75, 3.05) is 5.33 Å². The van der Waals surface area contributed by atoms with E-state index in [-0.39, 0.29) is 0 Å². The van der Waals surface area contributed by atoms with Crippen molar-refractivity contribution >= 4 is 54.5 Å². The normalized spacial score (nSPS) is 16.0. The molecule has 74 valence electrons. The Kier molecular flexibility index (Phi) is 10.6. The minimum absolute atomic E-state index is 0.704. The van der Waals surface area contributed by atoms with Crippen molar-refractivity contribution in [1.29, 1.82) is 0 Å². The predicted molar refractivity (Wildman–Crippen MR) is 73.1 cm³/mol. The summed E-state index contributed by atoms with van der Waals surface area (Å²) in [6.45, 7) is 2.26. The maximum Gasteiger partial charge on any atom is 0.0163 e. The van der Waals surface area contributed by atoms with Gasteiger partial charge in [0.25, 0.3) is 0 Å². The Hall–Kier alpha value is 1.69. The largest absolute Gasteiger partial charge is 0.0928 e. The van der Waals surface area contributed by atoms with E-state index in [0.29, 0.717) is 4.83 Å². The third-order valence-electron chi connectivity index (χ3n) is 1.80. The number of hydrogen-bond donors (Lipinski definition) is 0. The van der Waals surface area contributed by atoms with Gasteiger partial charge in [0.2, 0.25) is 0 Å². The fourth-order valence-electron chi connectivity index (χ4n) is 1.06. The molecule has 0 aliphatic carbocycles. The van der Waals surface area contributed by atoms with Gasteiger partial charge in [0.15, 0.2) is 0 Å². The first-order valence-corrected chi connectivity index (χ1v) is 7.83. The van der Waals surface area contributed by atoms with Crippen LogP contribution < -0.4 is 0 Å². The number of hydrogen-bond acceptors (Lipinski definition) is 0. The van der Waals surface area contributed by atoms with Crippen molar-refractivity contribution in [1.82, 2.24) is 0 Å². The summed E-state index contributed by atoms with van der Waals surface area (Å²) in [6.07, 6.45) is 6.63. The molecule has 0 spiro atoms. The van der Waals surface area contributed by atoms with Gasteiger partial charge in [-0.1, -0.05) is 74.2 Å². The lowest BCUT2D eigenvalue weighted by Crippen LogP contribution is -2.07. The van der Waals surface area contributed by atoms with Crippen LogP contribution in [0.1, 0.15) is 39.0 Å². The van der Waals surface area contributed by atoms with Crippen molar-refractivity contribution in [2.24, 2.45) is 0 Å². The molecule has 0 heterocycles. The minimum Gasteiger partial charge on any atom is -0.0928 e. The van der Waals surface area contributed by atoms with E-state index in [1.54, 1.807) is 0 Å². The first kappa shape index (κ1) is 13.7. The SMILES string of the molecule is CCCCC(I)CC(Br)CCBr. The lowest BCUT2D eigenvalue weighted by Gasteiger charge is -2.12. The fraction of sp³-hybridized carbons (Fsp3) is 1.00. The Balaban J connectivity index is 3.33. The van der Waals surface area contributed by atoms with Crippen LogP contribution in [0, 0.1) is 0 Å². The summed E-state index contributed by atoms with van der Waals surface area (Å²) >= 11 is 9.73. The van der Waals surface area contributed by atoms with E-state index >= 15 is 0 Å². The summed E-state index contributed by atoms with van der Waals surface area (Å²) in [7, 11) is 0. The number of alkyl halides is 3. The summed E-state index contributed by atoms with van der Waals surface area (Å²) in [4.78, 5) is 0.704. The van der Waals surface area contributed by atoms with Crippen LogP contribution in [-0.2, 0) is 0 Å². The van der Waals surface area contributed by atoms with Crippen LogP contribution in [0.3, 0.4) is 0 Å². The Morgan fingerprint density at radius 2 is 2.00 bits per heavy atom. The van der Waals surface area contributed by atoms with Gasteiger partial charge >= 0.3 is 0 Å². The second kappa shape index (κ2) is 9.25. The van der Waals surface area contributed by atoms with Crippen LogP contribution in [0.25, 0.3) is 0 Å². The average Bonchev–Trinajstić information content (AvgIpc) is 2.01. The van der Waals surface area contributed by atoms with Crippen LogP contribution >= 0.6 is 54.5 Å². The Morgan fingerprint density at radius 1 is 1.33 bits per heavy atom. The zero-order valence-electron chi connectivity index (χ0n) is 7.53. The van der Waals surface area contributed by atoms with Gasteiger partial charge in [0, 0.05) is 14.1 Å². The maximum atomic E-state index is 3.70. The van der Waals surface area contributed by atoms with Gasteiger partial charge in [0.1, 0.15) is 0 Å². The molecule has 0 N–H and O–H groups in total. The molecule has 12 heavy (non-hydrogen) atoms. The van der Waals surface area contributed by atoms with E-state index < -0.39 is 0 Å². The predicted octanol–water partition coefficient (Wildman–Crippen LogP) is 4.92. The van der Waals surface area contributed by atoms with Gasteiger partial charge < -0.3 is 0 Å². The molecule has 0 aliphatic rings. The summed E-state index contributed by atoms with van der Waals surface area (Å²) in [5.41, 5.74) is 0. The van der Waals surface area contributed by atoms with Gasteiger partial charge in [-0.3, -0.25) is 0 Å². The van der Waals surface area contributed by atoms with Gasteiger partial charge in [-0.25, -0.2) is 0 Å². The van der Waals surface area contributed by atoms with Crippen molar-refractivity contribution in [3.8, 4) is 0 Å². The summed E-state index contributed by atoms with van der Waals surface area (Å²) in [5.74, 6) is 0. The summed E-state index contributed by atoms with van der Waals surface area (Å²) < 4.78 is 0.853. The standard InChI is InChI=1S/C9H17Br2I/c1-2-3-4-9(12)7-8(11)5-6-10/h8-9H,2-7H2,1H3. The van der Waals surface area contributed by atoms with E-state index in [2.05, 4.69) is 61.4 Å². The molecule has 0 fully saturated rings. The Bertz CT molecular complexity index is 98.5. The van der Waals surface area contributed by atoms with Crippen LogP contribution in [0.2, 0.25) is 0 Å². The van der Waals surface area contributed by atoms with Crippen LogP contribution in [-0.4, -0.2) is 14.1 Å². The quantitative estimate of drug-likeness (QED) is 0.412. The molecule has 0 aromatic carbocycles. The number of rotatable bonds is 7. The Morgan fingerprint density at radius 3 is 2.50 bits per heavy atom. The van der Waals surface area contributed by atoms with Crippen LogP contribution in [0.15, 0.2) is 0 Å². The lowest BCUT2D eigenvalue weighted by atomic mass is 10.1. The van der Waals surface area contributed by atoms with Crippen molar-refractivity contribution in [2.45, 2.75) is 47.8 Å². The summed E-state index contributed by atoms with van der Waals surface area (Å²) in [6, 6.07) is 0. The third kappa shape index (κ3) is 8.30. The third-order valence-corrected chi connectivity index (χ3v) is 4.23. The topological polar surface area (TPSA) is 0 Å². The average molecular weight is 412 g/mol. The zero-order chi connectivity index (χ0) is 9.40. The highest BCUT2D eigenvalue weighted by Gasteiger charge is 2.09. The highest BCUT2D eigenvalue weighted by atomic mass is 127. The Labute approximate surface area is 107 Å². The van der Waals surface area contributed by atoms with E-state index in [1.807, 2.05) is 0 Å². The van der Waals surface area contributed by atoms with Crippen molar-refractivity contribution in [3.05, 3.63) is 0 Å². The van der Waals surface area contributed by atoms with Gasteiger partial charge in [0.05, 0.1) is 0 Å². The van der Waals surface area contributed by atoms with Crippen molar-refractivity contribution < 1.29 is 0 Å². The smallest absolute Gasteiger partial charge is 0.0163 e. The van der Waals surface area contributed by atoms with Gasteiger partial charge in [-0.15, -0.1) is 0 Å². The van der Waals surface area contributed by atoms with E-state index in [4.69, 9.17) is 0 Å². The molecular formula is C9H17Br2I. The number of unbranched alkanes of at least 4 members (excludes halogenated alkanes) is 1. The highest BCUT2D eigenvalue weighted by Crippen LogP contribution is 2.22. The molecule has 0 amide bonds. The first-order chi connectivity index (χ1) is 5.70. The molecule has 0 aromatic heterocycles. The molecule has 2 unspecified atom stereocenters. The second-order valence-corrected chi connectivity index (χ2v) is 6.90. The molecule has 0 rings (SSSR count).